The molecule has 0 aliphatic heterocycles. The van der Waals surface area contributed by atoms with Crippen molar-refractivity contribution in [2.45, 2.75) is 16.6 Å². The molecule has 1 atom stereocenters. The molecule has 1 aromatic heterocycles. The van der Waals surface area contributed by atoms with E-state index in [0.29, 0.717) is 5.13 Å². The van der Waals surface area contributed by atoms with Crippen molar-refractivity contribution >= 4 is 54.2 Å². The molecule has 0 saturated heterocycles. The molecule has 0 radical (unpaired) electrons. The molecule has 1 saturated carbocycles. The van der Waals surface area contributed by atoms with Gasteiger partial charge in [-0.15, -0.1) is 10.2 Å². The molecule has 76 valence electrons. The number of amides is 1. The lowest BCUT2D eigenvalue weighted by Gasteiger charge is -2.10. The third kappa shape index (κ3) is 1.61. The summed E-state index contributed by atoms with van der Waals surface area (Å²) in [5, 5.41) is 10.7. The molecule has 1 amide bonds. The fourth-order valence-corrected chi connectivity index (χ4v) is 3.03. The van der Waals surface area contributed by atoms with Crippen LogP contribution < -0.4 is 5.32 Å². The van der Waals surface area contributed by atoms with Crippen molar-refractivity contribution in [3.05, 3.63) is 5.51 Å². The van der Waals surface area contributed by atoms with Crippen LogP contribution in [0.25, 0.3) is 0 Å². The second kappa shape index (κ2) is 3.24. The summed E-state index contributed by atoms with van der Waals surface area (Å²) in [7, 11) is 0. The van der Waals surface area contributed by atoms with Crippen LogP contribution in [0.15, 0.2) is 5.51 Å². The lowest BCUT2D eigenvalue weighted by molar-refractivity contribution is -0.120. The van der Waals surface area contributed by atoms with E-state index in [1.165, 1.54) is 11.3 Å². The predicted octanol–water partition coefficient (Wildman–Crippen LogP) is 2.37. The van der Waals surface area contributed by atoms with Gasteiger partial charge in [0.05, 0.1) is 8.65 Å². The van der Waals surface area contributed by atoms with Gasteiger partial charge in [-0.2, -0.15) is 0 Å². The third-order valence-electron chi connectivity index (χ3n) is 2.34. The Hall–Kier alpha value is -0.0100. The van der Waals surface area contributed by atoms with E-state index in [0.717, 1.165) is 6.42 Å². The van der Waals surface area contributed by atoms with Crippen LogP contribution in [0.3, 0.4) is 0 Å². The van der Waals surface area contributed by atoms with Crippen molar-refractivity contribution in [1.82, 2.24) is 10.2 Å². The molecule has 14 heavy (non-hydrogen) atoms. The maximum Gasteiger partial charge on any atom is 0.234 e. The number of carbonyl (C=O) groups excluding carboxylic acids is 1. The fourth-order valence-electron chi connectivity index (χ4n) is 1.11. The monoisotopic (exact) mass is 339 g/mol. The summed E-state index contributed by atoms with van der Waals surface area (Å²) in [6.07, 6.45) is 0.768. The summed E-state index contributed by atoms with van der Waals surface area (Å²) >= 11 is 8.18. The van der Waals surface area contributed by atoms with E-state index in [-0.39, 0.29) is 9.14 Å². The van der Waals surface area contributed by atoms with Gasteiger partial charge in [0.25, 0.3) is 0 Å². The summed E-state index contributed by atoms with van der Waals surface area (Å²) in [6.45, 7) is 1.90. The molecule has 0 spiro atoms. The minimum absolute atomic E-state index is 0.0389. The second-order valence-electron chi connectivity index (χ2n) is 3.41. The fraction of sp³-hybridized carbons (Fsp3) is 0.571. The van der Waals surface area contributed by atoms with Gasteiger partial charge in [0.15, 0.2) is 0 Å². The summed E-state index contributed by atoms with van der Waals surface area (Å²) < 4.78 is -0.262. The molecule has 4 nitrogen and oxygen atoms in total. The highest BCUT2D eigenvalue weighted by Gasteiger charge is 2.66. The average molecular weight is 341 g/mol. The molecule has 0 aromatic carbocycles. The molecule has 0 unspecified atom stereocenters. The van der Waals surface area contributed by atoms with Gasteiger partial charge in [-0.25, -0.2) is 0 Å². The van der Waals surface area contributed by atoms with E-state index >= 15 is 0 Å². The van der Waals surface area contributed by atoms with Crippen molar-refractivity contribution in [2.24, 2.45) is 5.41 Å². The minimum Gasteiger partial charge on any atom is -0.300 e. The summed E-state index contributed by atoms with van der Waals surface area (Å²) in [5.41, 5.74) is 1.18. The van der Waals surface area contributed by atoms with Crippen molar-refractivity contribution in [3.63, 3.8) is 0 Å². The maximum atomic E-state index is 11.8. The summed E-state index contributed by atoms with van der Waals surface area (Å²) in [4.78, 5) is 11.8. The van der Waals surface area contributed by atoms with Crippen molar-refractivity contribution in [2.75, 3.05) is 5.32 Å². The largest absolute Gasteiger partial charge is 0.300 e. The van der Waals surface area contributed by atoms with Crippen molar-refractivity contribution in [3.8, 4) is 0 Å². The van der Waals surface area contributed by atoms with Crippen LogP contribution >= 0.6 is 43.2 Å². The zero-order chi connectivity index (χ0) is 10.4. The van der Waals surface area contributed by atoms with Crippen LogP contribution in [-0.2, 0) is 4.79 Å². The number of aromatic nitrogens is 2. The van der Waals surface area contributed by atoms with Crippen molar-refractivity contribution in [1.29, 1.82) is 0 Å². The molecule has 7 heteroatoms. The molecule has 2 rings (SSSR count). The minimum atomic E-state index is -0.404. The number of nitrogens with zero attached hydrogens (tertiary/aromatic N) is 2. The Labute approximate surface area is 102 Å². The van der Waals surface area contributed by atoms with Gasteiger partial charge in [-0.05, 0) is 13.3 Å². The number of rotatable bonds is 2. The lowest BCUT2D eigenvalue weighted by Crippen LogP contribution is -2.25. The highest BCUT2D eigenvalue weighted by atomic mass is 79.9. The Bertz CT molecular complexity index is 367. The number of hydrogen-bond acceptors (Lipinski definition) is 4. The van der Waals surface area contributed by atoms with E-state index in [1.54, 1.807) is 5.51 Å². The molecular weight excluding hydrogens is 334 g/mol. The summed E-state index contributed by atoms with van der Waals surface area (Å²) in [6, 6.07) is 0. The van der Waals surface area contributed by atoms with Crippen LogP contribution in [0.5, 0.6) is 0 Å². The van der Waals surface area contributed by atoms with Crippen LogP contribution in [0, 0.1) is 5.41 Å². The van der Waals surface area contributed by atoms with Gasteiger partial charge >= 0.3 is 0 Å². The van der Waals surface area contributed by atoms with Gasteiger partial charge in [0, 0.05) is 0 Å². The average Bonchev–Trinajstić information content (AvgIpc) is 2.54. The Morgan fingerprint density at radius 1 is 1.71 bits per heavy atom. The molecule has 1 heterocycles. The molecule has 1 N–H and O–H groups in total. The van der Waals surface area contributed by atoms with E-state index in [1.807, 2.05) is 6.92 Å². The highest BCUT2D eigenvalue weighted by Crippen LogP contribution is 2.66. The molecular formula is C7H7Br2N3OS. The van der Waals surface area contributed by atoms with Crippen LogP contribution in [-0.4, -0.2) is 19.3 Å². The topological polar surface area (TPSA) is 54.9 Å². The Morgan fingerprint density at radius 3 is 2.79 bits per heavy atom. The van der Waals surface area contributed by atoms with Crippen LogP contribution in [0.1, 0.15) is 13.3 Å². The predicted molar refractivity (Wildman–Crippen MR) is 61.8 cm³/mol. The summed E-state index contributed by atoms with van der Waals surface area (Å²) in [5.74, 6) is -0.0389. The zero-order valence-corrected chi connectivity index (χ0v) is 11.2. The first-order valence-corrected chi connectivity index (χ1v) is 6.38. The van der Waals surface area contributed by atoms with Gasteiger partial charge < -0.3 is 0 Å². The first kappa shape index (κ1) is 10.5. The second-order valence-corrected chi connectivity index (χ2v) is 8.02. The van der Waals surface area contributed by atoms with Crippen molar-refractivity contribution < 1.29 is 4.79 Å². The molecule has 1 fully saturated rings. The molecule has 1 aliphatic carbocycles. The number of carbonyl (C=O) groups is 1. The van der Waals surface area contributed by atoms with Crippen LogP contribution in [0.4, 0.5) is 5.13 Å². The molecule has 1 aromatic rings. The Morgan fingerprint density at radius 2 is 2.36 bits per heavy atom. The molecule has 0 bridgehead atoms. The number of alkyl halides is 2. The highest BCUT2D eigenvalue weighted by molar-refractivity contribution is 9.25. The van der Waals surface area contributed by atoms with Gasteiger partial charge in [-0.3, -0.25) is 10.1 Å². The Balaban J connectivity index is 2.05. The zero-order valence-electron chi connectivity index (χ0n) is 7.25. The number of nitrogens with one attached hydrogen (secondary N) is 1. The normalized spacial score (nSPS) is 28.5. The SMILES string of the molecule is C[C@@]1(C(=O)Nc2nncs2)CC1(Br)Br. The number of halogens is 2. The first-order valence-electron chi connectivity index (χ1n) is 3.91. The standard InChI is InChI=1S/C7H7Br2N3OS/c1-6(2-7(6,8)9)4(13)11-5-12-10-3-14-5/h3H,2H2,1H3,(H,11,12,13)/t6-/m0/s1. The van der Waals surface area contributed by atoms with Gasteiger partial charge in [0.2, 0.25) is 11.0 Å². The van der Waals surface area contributed by atoms with E-state index < -0.39 is 5.41 Å². The van der Waals surface area contributed by atoms with Gasteiger partial charge in [0.1, 0.15) is 5.51 Å². The smallest absolute Gasteiger partial charge is 0.234 e. The maximum absolute atomic E-state index is 11.8. The number of anilines is 1. The Kier molecular flexibility index (Phi) is 2.43. The molecule has 1 aliphatic rings. The quantitative estimate of drug-likeness (QED) is 0.841. The van der Waals surface area contributed by atoms with E-state index in [9.17, 15) is 4.79 Å². The first-order chi connectivity index (χ1) is 6.46. The lowest BCUT2D eigenvalue weighted by atomic mass is 10.1. The van der Waals surface area contributed by atoms with Crippen LogP contribution in [0.2, 0.25) is 0 Å². The van der Waals surface area contributed by atoms with Gasteiger partial charge in [-0.1, -0.05) is 43.2 Å². The third-order valence-corrected chi connectivity index (χ3v) is 5.26. The number of hydrogen-bond donors (Lipinski definition) is 1. The van der Waals surface area contributed by atoms with E-state index in [2.05, 4.69) is 47.4 Å². The van der Waals surface area contributed by atoms with E-state index in [4.69, 9.17) is 0 Å².